The van der Waals surface area contributed by atoms with Gasteiger partial charge in [0.1, 0.15) is 11.3 Å². The van der Waals surface area contributed by atoms with Gasteiger partial charge in [-0.1, -0.05) is 5.16 Å². The molecule has 1 aliphatic rings. The number of benzene rings is 1. The molecule has 2 aromatic rings. The molecule has 0 saturated heterocycles. The van der Waals surface area contributed by atoms with E-state index in [0.29, 0.717) is 21.5 Å². The molecule has 7 nitrogen and oxygen atoms in total. The summed E-state index contributed by atoms with van der Waals surface area (Å²) >= 11 is 3.22. The molecule has 3 rings (SSSR count). The lowest BCUT2D eigenvalue weighted by molar-refractivity contribution is 0.174. The highest BCUT2D eigenvalue weighted by Crippen LogP contribution is 2.49. The van der Waals surface area contributed by atoms with Crippen molar-refractivity contribution in [2.45, 2.75) is 6.54 Å². The number of nitrogens with two attached hydrogens (primary N) is 1. The number of aromatic nitrogens is 2. The molecule has 8 heteroatoms. The van der Waals surface area contributed by atoms with Crippen LogP contribution in [0.2, 0.25) is 0 Å². The van der Waals surface area contributed by atoms with Gasteiger partial charge in [0.05, 0.1) is 11.0 Å². The SMILES string of the molecule is NCc1nc(-c2c(O)c(Br)cc3c2OCO3)no1. The van der Waals surface area contributed by atoms with Crippen LogP contribution in [0.4, 0.5) is 0 Å². The molecule has 0 unspecified atom stereocenters. The third-order valence-corrected chi connectivity index (χ3v) is 3.06. The van der Waals surface area contributed by atoms with Crippen LogP contribution in [0.1, 0.15) is 5.89 Å². The van der Waals surface area contributed by atoms with E-state index in [4.69, 9.17) is 19.7 Å². The lowest BCUT2D eigenvalue weighted by Crippen LogP contribution is -1.96. The molecule has 2 heterocycles. The molecule has 0 amide bonds. The van der Waals surface area contributed by atoms with E-state index in [1.54, 1.807) is 6.07 Å². The van der Waals surface area contributed by atoms with Crippen molar-refractivity contribution in [1.29, 1.82) is 0 Å². The molecule has 0 saturated carbocycles. The monoisotopic (exact) mass is 313 g/mol. The lowest BCUT2D eigenvalue weighted by atomic mass is 10.1. The minimum absolute atomic E-state index is 0.0383. The van der Waals surface area contributed by atoms with Gasteiger partial charge in [-0.3, -0.25) is 0 Å². The van der Waals surface area contributed by atoms with Crippen molar-refractivity contribution in [1.82, 2.24) is 10.1 Å². The summed E-state index contributed by atoms with van der Waals surface area (Å²) in [6.07, 6.45) is 0. The van der Waals surface area contributed by atoms with Gasteiger partial charge in [0, 0.05) is 6.07 Å². The number of hydrogen-bond donors (Lipinski definition) is 2. The van der Waals surface area contributed by atoms with E-state index in [2.05, 4.69) is 26.1 Å². The maximum atomic E-state index is 10.1. The Balaban J connectivity index is 2.21. The van der Waals surface area contributed by atoms with Crippen LogP contribution in [-0.4, -0.2) is 22.0 Å². The first-order chi connectivity index (χ1) is 8.70. The Labute approximate surface area is 110 Å². The van der Waals surface area contributed by atoms with E-state index in [1.807, 2.05) is 0 Å². The number of halogens is 1. The number of hydrogen-bond acceptors (Lipinski definition) is 7. The van der Waals surface area contributed by atoms with Crippen LogP contribution in [0.3, 0.4) is 0 Å². The van der Waals surface area contributed by atoms with E-state index in [9.17, 15) is 5.11 Å². The largest absolute Gasteiger partial charge is 0.506 e. The van der Waals surface area contributed by atoms with E-state index < -0.39 is 0 Å². The van der Waals surface area contributed by atoms with Crippen molar-refractivity contribution in [3.8, 4) is 28.6 Å². The van der Waals surface area contributed by atoms with Gasteiger partial charge in [-0.2, -0.15) is 4.98 Å². The second-order valence-electron chi connectivity index (χ2n) is 3.53. The molecule has 0 bridgehead atoms. The highest BCUT2D eigenvalue weighted by molar-refractivity contribution is 9.10. The molecule has 0 radical (unpaired) electrons. The number of fused-ring (bicyclic) bond motifs is 1. The molecule has 3 N–H and O–H groups in total. The topological polar surface area (TPSA) is 104 Å². The van der Waals surface area contributed by atoms with Crippen molar-refractivity contribution in [2.24, 2.45) is 5.73 Å². The van der Waals surface area contributed by atoms with Gasteiger partial charge in [0.2, 0.25) is 18.5 Å². The number of phenolic OH excluding ortho intramolecular Hbond substituents is 1. The molecule has 0 aliphatic carbocycles. The van der Waals surface area contributed by atoms with E-state index in [0.717, 1.165) is 0 Å². The Kier molecular flexibility index (Phi) is 2.60. The molecule has 1 aromatic heterocycles. The third-order valence-electron chi connectivity index (χ3n) is 2.46. The fraction of sp³-hybridized carbons (Fsp3) is 0.200. The summed E-state index contributed by atoms with van der Waals surface area (Å²) in [6.45, 7) is 0.209. The van der Waals surface area contributed by atoms with Gasteiger partial charge in [-0.15, -0.1) is 0 Å². The lowest BCUT2D eigenvalue weighted by Gasteiger charge is -2.06. The van der Waals surface area contributed by atoms with E-state index >= 15 is 0 Å². The van der Waals surface area contributed by atoms with Crippen LogP contribution in [0.15, 0.2) is 15.1 Å². The predicted octanol–water partition coefficient (Wildman–Crippen LogP) is 1.39. The van der Waals surface area contributed by atoms with Crippen LogP contribution in [-0.2, 0) is 6.54 Å². The average molecular weight is 314 g/mol. The highest BCUT2D eigenvalue weighted by Gasteiger charge is 2.27. The first-order valence-corrected chi connectivity index (χ1v) is 5.84. The third kappa shape index (κ3) is 1.61. The minimum Gasteiger partial charge on any atom is -0.506 e. The van der Waals surface area contributed by atoms with E-state index in [-0.39, 0.29) is 30.8 Å². The van der Waals surface area contributed by atoms with Crippen LogP contribution < -0.4 is 15.2 Å². The summed E-state index contributed by atoms with van der Waals surface area (Å²) in [5, 5.41) is 13.8. The second kappa shape index (κ2) is 4.14. The Hall–Kier alpha value is -1.80. The smallest absolute Gasteiger partial charge is 0.240 e. The van der Waals surface area contributed by atoms with Gasteiger partial charge >= 0.3 is 0 Å². The number of aromatic hydroxyl groups is 1. The molecule has 18 heavy (non-hydrogen) atoms. The predicted molar refractivity (Wildman–Crippen MR) is 63.1 cm³/mol. The van der Waals surface area contributed by atoms with Crippen molar-refractivity contribution >= 4 is 15.9 Å². The van der Waals surface area contributed by atoms with Crippen molar-refractivity contribution < 1.29 is 19.1 Å². The number of ether oxygens (including phenoxy) is 2. The van der Waals surface area contributed by atoms with Gasteiger partial charge in [-0.25, -0.2) is 0 Å². The molecule has 0 atom stereocenters. The molecule has 0 spiro atoms. The highest BCUT2D eigenvalue weighted by atomic mass is 79.9. The summed E-state index contributed by atoms with van der Waals surface area (Å²) < 4.78 is 15.9. The zero-order valence-electron chi connectivity index (χ0n) is 9.01. The Morgan fingerprint density at radius 2 is 2.28 bits per heavy atom. The second-order valence-corrected chi connectivity index (χ2v) is 4.39. The minimum atomic E-state index is -0.0383. The molecule has 94 valence electrons. The fourth-order valence-corrected chi connectivity index (χ4v) is 2.05. The first-order valence-electron chi connectivity index (χ1n) is 5.04. The quantitative estimate of drug-likeness (QED) is 0.863. The normalized spacial score (nSPS) is 13.0. The van der Waals surface area contributed by atoms with Crippen LogP contribution in [0.5, 0.6) is 17.2 Å². The fourth-order valence-electron chi connectivity index (χ4n) is 1.65. The maximum Gasteiger partial charge on any atom is 0.240 e. The van der Waals surface area contributed by atoms with Gasteiger partial charge in [0.25, 0.3) is 0 Å². The van der Waals surface area contributed by atoms with Crippen molar-refractivity contribution in [2.75, 3.05) is 6.79 Å². The van der Waals surface area contributed by atoms with E-state index in [1.165, 1.54) is 0 Å². The summed E-state index contributed by atoms with van der Waals surface area (Å²) in [5.74, 6) is 1.34. The van der Waals surface area contributed by atoms with Gasteiger partial charge in [-0.05, 0) is 15.9 Å². The van der Waals surface area contributed by atoms with Gasteiger partial charge < -0.3 is 24.8 Å². The standard InChI is InChI=1S/C10H8BrN3O4/c11-4-1-5-9(17-3-16-5)7(8(4)15)10-13-6(2-12)18-14-10/h1,15H,2-3,12H2. The maximum absolute atomic E-state index is 10.1. The average Bonchev–Trinajstić information content (AvgIpc) is 2.99. The molecule has 1 aromatic carbocycles. The van der Waals surface area contributed by atoms with Crippen LogP contribution in [0.25, 0.3) is 11.4 Å². The van der Waals surface area contributed by atoms with Crippen LogP contribution in [0, 0.1) is 0 Å². The Bertz CT molecular complexity index is 613. The van der Waals surface area contributed by atoms with Crippen molar-refractivity contribution in [3.63, 3.8) is 0 Å². The first kappa shape index (κ1) is 11.3. The van der Waals surface area contributed by atoms with Gasteiger partial charge in [0.15, 0.2) is 11.5 Å². The zero-order valence-corrected chi connectivity index (χ0v) is 10.6. The molecular formula is C10H8BrN3O4. The Morgan fingerprint density at radius 1 is 1.44 bits per heavy atom. The zero-order chi connectivity index (χ0) is 12.7. The molecular weight excluding hydrogens is 306 g/mol. The summed E-state index contributed by atoms with van der Waals surface area (Å²) in [5.41, 5.74) is 5.72. The molecule has 1 aliphatic heterocycles. The number of rotatable bonds is 2. The Morgan fingerprint density at radius 3 is 3.00 bits per heavy atom. The summed E-state index contributed by atoms with van der Waals surface area (Å²) in [4.78, 5) is 4.06. The summed E-state index contributed by atoms with van der Waals surface area (Å²) in [7, 11) is 0. The number of nitrogens with zero attached hydrogens (tertiary/aromatic N) is 2. The van der Waals surface area contributed by atoms with Crippen molar-refractivity contribution in [3.05, 3.63) is 16.4 Å². The summed E-state index contributed by atoms with van der Waals surface area (Å²) in [6, 6.07) is 1.62. The van der Waals surface area contributed by atoms with Crippen LogP contribution >= 0.6 is 15.9 Å². The molecule has 0 fully saturated rings. The number of phenols is 1.